The molecule has 0 unspecified atom stereocenters. The van der Waals surface area contributed by atoms with Gasteiger partial charge in [-0.05, 0) is 56.5 Å². The summed E-state index contributed by atoms with van der Waals surface area (Å²) in [6.45, 7) is 8.62. The molecule has 1 aromatic rings. The van der Waals surface area contributed by atoms with E-state index in [1.165, 1.54) is 43.4 Å². The maximum Gasteiger partial charge on any atom is 0.123 e. The van der Waals surface area contributed by atoms with E-state index in [2.05, 4.69) is 26.1 Å². The first-order valence-corrected chi connectivity index (χ1v) is 7.19. The summed E-state index contributed by atoms with van der Waals surface area (Å²) in [5.41, 5.74) is 1.23. The quantitative estimate of drug-likeness (QED) is 0.702. The van der Waals surface area contributed by atoms with E-state index >= 15 is 0 Å². The fourth-order valence-corrected chi connectivity index (χ4v) is 1.53. The number of hydrogen-bond donors (Lipinski definition) is 1. The Kier molecular flexibility index (Phi) is 11.9. The van der Waals surface area contributed by atoms with E-state index < -0.39 is 0 Å². The lowest BCUT2D eigenvalue weighted by molar-refractivity contribution is 0.613. The van der Waals surface area contributed by atoms with Crippen LogP contribution in [0, 0.1) is 5.82 Å². The molecule has 0 aliphatic heterocycles. The summed E-state index contributed by atoms with van der Waals surface area (Å²) < 4.78 is 12.6. The first-order valence-electron chi connectivity index (χ1n) is 7.19. The normalized spacial score (nSPS) is 9.78. The summed E-state index contributed by atoms with van der Waals surface area (Å²) in [7, 11) is 0. The van der Waals surface area contributed by atoms with E-state index in [0.717, 1.165) is 19.5 Å². The molecule has 1 N–H and O–H groups in total. The maximum absolute atomic E-state index is 12.6. The molecule has 0 heterocycles. The van der Waals surface area contributed by atoms with Gasteiger partial charge in [0.2, 0.25) is 0 Å². The highest BCUT2D eigenvalue weighted by atomic mass is 19.1. The van der Waals surface area contributed by atoms with Gasteiger partial charge in [-0.3, -0.25) is 0 Å². The molecule has 0 fully saturated rings. The van der Waals surface area contributed by atoms with Gasteiger partial charge in [-0.1, -0.05) is 39.3 Å². The predicted molar refractivity (Wildman–Crippen MR) is 78.5 cm³/mol. The van der Waals surface area contributed by atoms with Gasteiger partial charge in [0.25, 0.3) is 0 Å². The van der Waals surface area contributed by atoms with Gasteiger partial charge in [0.15, 0.2) is 0 Å². The Labute approximate surface area is 112 Å². The van der Waals surface area contributed by atoms with Crippen LogP contribution in [0.4, 0.5) is 4.39 Å². The highest BCUT2D eigenvalue weighted by Gasteiger charge is 1.94. The number of halogens is 1. The van der Waals surface area contributed by atoms with Crippen LogP contribution in [0.1, 0.15) is 52.0 Å². The van der Waals surface area contributed by atoms with Crippen LogP contribution in [-0.2, 0) is 6.42 Å². The molecule has 0 aromatic heterocycles. The summed E-state index contributed by atoms with van der Waals surface area (Å²) in [5.74, 6) is -0.150. The van der Waals surface area contributed by atoms with E-state index in [4.69, 9.17) is 0 Å². The maximum atomic E-state index is 12.6. The first kappa shape index (κ1) is 17.1. The third-order valence-corrected chi connectivity index (χ3v) is 2.41. The molecule has 0 atom stereocenters. The fourth-order valence-electron chi connectivity index (χ4n) is 1.53. The van der Waals surface area contributed by atoms with E-state index in [-0.39, 0.29) is 5.82 Å². The summed E-state index contributed by atoms with van der Waals surface area (Å²) in [5, 5.41) is 3.37. The van der Waals surface area contributed by atoms with Crippen molar-refractivity contribution in [2.24, 2.45) is 0 Å². The van der Waals surface area contributed by atoms with Crippen molar-refractivity contribution in [1.82, 2.24) is 5.32 Å². The number of hydrogen-bond acceptors (Lipinski definition) is 1. The zero-order valence-corrected chi connectivity index (χ0v) is 12.1. The van der Waals surface area contributed by atoms with Gasteiger partial charge >= 0.3 is 0 Å². The first-order chi connectivity index (χ1) is 8.74. The summed E-state index contributed by atoms with van der Waals surface area (Å²) in [4.78, 5) is 0. The van der Waals surface area contributed by atoms with Gasteiger partial charge in [0.05, 0.1) is 0 Å². The van der Waals surface area contributed by atoms with E-state index in [0.29, 0.717) is 0 Å². The lowest BCUT2D eigenvalue weighted by Gasteiger charge is -2.03. The Bertz CT molecular complexity index is 269. The molecule has 2 heteroatoms. The molecule has 18 heavy (non-hydrogen) atoms. The van der Waals surface area contributed by atoms with Crippen LogP contribution >= 0.6 is 0 Å². The second kappa shape index (κ2) is 12.6. The second-order valence-corrected chi connectivity index (χ2v) is 4.54. The van der Waals surface area contributed by atoms with Crippen LogP contribution in [-0.4, -0.2) is 13.1 Å². The Balaban J connectivity index is 0.000000873. The number of rotatable bonds is 7. The molecule has 1 nitrogen and oxygen atoms in total. The summed E-state index contributed by atoms with van der Waals surface area (Å²) in [6, 6.07) is 6.80. The Morgan fingerprint density at radius 1 is 0.944 bits per heavy atom. The van der Waals surface area contributed by atoms with Gasteiger partial charge in [0, 0.05) is 0 Å². The Morgan fingerprint density at radius 3 is 2.11 bits per heavy atom. The molecule has 104 valence electrons. The highest BCUT2D eigenvalue weighted by Crippen LogP contribution is 2.06. The van der Waals surface area contributed by atoms with Crippen LogP contribution in [0.25, 0.3) is 0 Å². The minimum atomic E-state index is -0.150. The summed E-state index contributed by atoms with van der Waals surface area (Å²) in [6.07, 6.45) is 5.85. The Morgan fingerprint density at radius 2 is 1.56 bits per heavy atom. The molecule has 0 spiro atoms. The number of benzene rings is 1. The van der Waals surface area contributed by atoms with Crippen LogP contribution in [0.2, 0.25) is 0 Å². The van der Waals surface area contributed by atoms with Gasteiger partial charge in [-0.25, -0.2) is 4.39 Å². The van der Waals surface area contributed by atoms with Gasteiger partial charge in [-0.2, -0.15) is 0 Å². The summed E-state index contributed by atoms with van der Waals surface area (Å²) >= 11 is 0. The van der Waals surface area contributed by atoms with Gasteiger partial charge in [0.1, 0.15) is 5.82 Å². The topological polar surface area (TPSA) is 12.0 Å². The van der Waals surface area contributed by atoms with Crippen molar-refractivity contribution in [3.63, 3.8) is 0 Å². The average Bonchev–Trinajstić information content (AvgIpc) is 2.37. The molecule has 0 amide bonds. The monoisotopic (exact) mass is 253 g/mol. The molecule has 0 radical (unpaired) electrons. The fraction of sp³-hybridized carbons (Fsp3) is 0.625. The number of aryl methyl sites for hydroxylation is 1. The largest absolute Gasteiger partial charge is 0.317 e. The van der Waals surface area contributed by atoms with Crippen LogP contribution in [0.15, 0.2) is 24.3 Å². The Hall–Kier alpha value is -0.890. The standard InChI is InChI=1S/C13H20FN.C3H8/c1-2-10-15-11-4-3-5-12-6-8-13(14)9-7-12;1-3-2/h6-9,15H,2-5,10-11H2,1H3;3H2,1-2H3. The molecule has 0 saturated heterocycles. The van der Waals surface area contributed by atoms with E-state index in [1.54, 1.807) is 0 Å². The van der Waals surface area contributed by atoms with Crippen LogP contribution < -0.4 is 5.32 Å². The third kappa shape index (κ3) is 10.3. The zero-order chi connectivity index (χ0) is 13.6. The molecular formula is C16H28FN. The molecule has 0 aliphatic carbocycles. The molecule has 0 saturated carbocycles. The number of nitrogens with one attached hydrogen (secondary N) is 1. The molecule has 0 aliphatic rings. The van der Waals surface area contributed by atoms with Crippen LogP contribution in [0.5, 0.6) is 0 Å². The average molecular weight is 253 g/mol. The van der Waals surface area contributed by atoms with Gasteiger partial charge < -0.3 is 5.32 Å². The van der Waals surface area contributed by atoms with Gasteiger partial charge in [-0.15, -0.1) is 0 Å². The third-order valence-electron chi connectivity index (χ3n) is 2.41. The zero-order valence-electron chi connectivity index (χ0n) is 12.1. The number of unbranched alkanes of at least 4 members (excludes halogenated alkanes) is 1. The minimum Gasteiger partial charge on any atom is -0.317 e. The molecule has 1 rings (SSSR count). The van der Waals surface area contributed by atoms with Crippen LogP contribution in [0.3, 0.4) is 0 Å². The lowest BCUT2D eigenvalue weighted by Crippen LogP contribution is -2.15. The van der Waals surface area contributed by atoms with Crippen molar-refractivity contribution < 1.29 is 4.39 Å². The lowest BCUT2D eigenvalue weighted by atomic mass is 10.1. The van der Waals surface area contributed by atoms with E-state index in [9.17, 15) is 4.39 Å². The molecule has 1 aromatic carbocycles. The molecule has 0 bridgehead atoms. The minimum absolute atomic E-state index is 0.150. The van der Waals surface area contributed by atoms with Crippen molar-refractivity contribution in [2.75, 3.05) is 13.1 Å². The van der Waals surface area contributed by atoms with Crippen molar-refractivity contribution in [3.8, 4) is 0 Å². The van der Waals surface area contributed by atoms with Crippen molar-refractivity contribution in [2.45, 2.75) is 52.9 Å². The molecular weight excluding hydrogens is 225 g/mol. The van der Waals surface area contributed by atoms with Crippen molar-refractivity contribution in [1.29, 1.82) is 0 Å². The van der Waals surface area contributed by atoms with E-state index in [1.807, 2.05) is 12.1 Å². The predicted octanol–water partition coefficient (Wildman–Crippen LogP) is 4.56. The second-order valence-electron chi connectivity index (χ2n) is 4.54. The SMILES string of the molecule is CCC.CCCNCCCCc1ccc(F)cc1. The smallest absolute Gasteiger partial charge is 0.123 e. The van der Waals surface area contributed by atoms with Crippen molar-refractivity contribution in [3.05, 3.63) is 35.6 Å². The van der Waals surface area contributed by atoms with Crippen molar-refractivity contribution >= 4 is 0 Å². The highest BCUT2D eigenvalue weighted by molar-refractivity contribution is 5.15.